The third-order valence-corrected chi connectivity index (χ3v) is 20.0. The number of nitrogens with two attached hydrogens (primary N) is 1. The highest BCUT2D eigenvalue weighted by molar-refractivity contribution is 6.44. The number of fused-ring (bicyclic) bond motifs is 10. The summed E-state index contributed by atoms with van der Waals surface area (Å²) in [6.07, 6.45) is 27.0. The topological polar surface area (TPSA) is 241 Å². The van der Waals surface area contributed by atoms with Crippen molar-refractivity contribution in [3.05, 3.63) is 80.6 Å². The van der Waals surface area contributed by atoms with Gasteiger partial charge in [0.2, 0.25) is 18.9 Å². The lowest BCUT2D eigenvalue weighted by Crippen LogP contribution is -2.58. The highest BCUT2D eigenvalue weighted by Crippen LogP contribution is 2.50. The number of primary amides is 1. The van der Waals surface area contributed by atoms with Crippen molar-refractivity contribution in [1.82, 2.24) is 28.9 Å². The van der Waals surface area contributed by atoms with E-state index in [1.54, 1.807) is 48.5 Å². The van der Waals surface area contributed by atoms with Gasteiger partial charge < -0.3 is 38.8 Å². The van der Waals surface area contributed by atoms with Crippen molar-refractivity contribution in [2.45, 2.75) is 257 Å². The van der Waals surface area contributed by atoms with E-state index in [1.165, 1.54) is 89.9 Å². The number of amides is 1. The number of ether oxygens (including phenoxy) is 3. The van der Waals surface area contributed by atoms with E-state index in [-0.39, 0.29) is 43.2 Å². The molecule has 8 aliphatic rings. The second-order valence-electron chi connectivity index (χ2n) is 28.6. The zero-order valence-electron chi connectivity index (χ0n) is 52.9. The molecule has 0 spiro atoms. The van der Waals surface area contributed by atoms with Crippen LogP contribution in [0.3, 0.4) is 0 Å². The molecule has 2 aromatic heterocycles. The molecule has 484 valence electrons. The molecule has 6 unspecified atom stereocenters. The van der Waals surface area contributed by atoms with Gasteiger partial charge in [-0.3, -0.25) is 24.2 Å². The van der Waals surface area contributed by atoms with Crippen LogP contribution in [0.5, 0.6) is 0 Å². The van der Waals surface area contributed by atoms with Crippen LogP contribution >= 0.6 is 0 Å². The number of carbonyl (C=O) groups is 4. The van der Waals surface area contributed by atoms with E-state index in [4.69, 9.17) is 29.6 Å². The Labute approximate surface area is 524 Å². The summed E-state index contributed by atoms with van der Waals surface area (Å²) < 4.78 is 19.5. The Morgan fingerprint density at radius 1 is 0.506 bits per heavy atom. The van der Waals surface area contributed by atoms with Crippen molar-refractivity contribution in [3.8, 4) is 0 Å². The lowest BCUT2D eigenvalue weighted by atomic mass is 9.68. The maximum atomic E-state index is 14.4. The molecule has 10 atom stereocenters. The maximum Gasteiger partial charge on any atom is 0.362 e. The number of aromatic nitrogens is 4. The van der Waals surface area contributed by atoms with E-state index in [2.05, 4.69) is 30.1 Å². The summed E-state index contributed by atoms with van der Waals surface area (Å²) in [6, 6.07) is 18.0. The second kappa shape index (κ2) is 27.9. The van der Waals surface area contributed by atoms with Crippen LogP contribution in [0.15, 0.2) is 68.4 Å². The fourth-order valence-corrected chi connectivity index (χ4v) is 17.2. The van der Waals surface area contributed by atoms with Gasteiger partial charge in [-0.15, -0.1) is 0 Å². The maximum absolute atomic E-state index is 14.4. The largest absolute Gasteiger partial charge is 0.461 e. The molecule has 12 rings (SSSR count). The molecule has 4 saturated carbocycles. The Kier molecular flexibility index (Phi) is 20.5. The Bertz CT molecular complexity index is 3350. The molecular formula is C69H97N9O11. The predicted octanol–water partition coefficient (Wildman–Crippen LogP) is 10.7. The van der Waals surface area contributed by atoms with Gasteiger partial charge in [-0.25, -0.2) is 24.4 Å². The quantitative estimate of drug-likeness (QED) is 0.0504. The van der Waals surface area contributed by atoms with Crippen LogP contribution in [0.2, 0.25) is 0 Å². The first-order valence-electron chi connectivity index (χ1n) is 33.1. The molecule has 4 aromatic rings. The molecule has 0 radical (unpaired) electrons. The van der Waals surface area contributed by atoms with E-state index in [0.717, 1.165) is 86.1 Å². The zero-order valence-corrected chi connectivity index (χ0v) is 52.9. The van der Waals surface area contributed by atoms with Gasteiger partial charge >= 0.3 is 17.9 Å². The summed E-state index contributed by atoms with van der Waals surface area (Å²) in [4.78, 5) is 104. The molecule has 2 N–H and O–H groups in total. The average Bonchev–Trinajstić information content (AvgIpc) is 0.780. The van der Waals surface area contributed by atoms with Crippen molar-refractivity contribution in [2.24, 2.45) is 39.7 Å². The Balaban J connectivity index is 0.000000194. The number of carbonyl (C=O) groups excluding carboxylic acids is 4. The molecule has 20 heteroatoms. The van der Waals surface area contributed by atoms with Crippen LogP contribution in [-0.4, -0.2) is 131 Å². The van der Waals surface area contributed by atoms with Gasteiger partial charge in [0.05, 0.1) is 28.7 Å². The van der Waals surface area contributed by atoms with Crippen LogP contribution in [0.4, 0.5) is 0 Å². The Hall–Kier alpha value is -6.54. The van der Waals surface area contributed by atoms with Crippen LogP contribution in [0.25, 0.3) is 22.1 Å². The number of hydrogen-bond acceptors (Lipinski definition) is 17. The summed E-state index contributed by atoms with van der Waals surface area (Å²) in [5, 5.41) is 7.78. The third kappa shape index (κ3) is 15.1. The van der Waals surface area contributed by atoms with E-state index in [9.17, 15) is 28.8 Å². The lowest BCUT2D eigenvalue weighted by molar-refractivity contribution is -0.161. The smallest absolute Gasteiger partial charge is 0.362 e. The minimum absolute atomic E-state index is 0. The van der Waals surface area contributed by atoms with Crippen molar-refractivity contribution >= 4 is 57.3 Å². The molecule has 4 aliphatic carbocycles. The molecule has 2 aromatic carbocycles. The van der Waals surface area contributed by atoms with Gasteiger partial charge in [-0.1, -0.05) is 93.4 Å². The highest BCUT2D eigenvalue weighted by atomic mass is 16.7. The van der Waals surface area contributed by atoms with Crippen LogP contribution < -0.4 is 16.9 Å². The van der Waals surface area contributed by atoms with Crippen LogP contribution in [0.1, 0.15) is 221 Å². The van der Waals surface area contributed by atoms with E-state index in [0.29, 0.717) is 47.3 Å². The summed E-state index contributed by atoms with van der Waals surface area (Å²) in [5.41, 5.74) is 5.05. The van der Waals surface area contributed by atoms with Crippen molar-refractivity contribution in [1.29, 1.82) is 0 Å². The third-order valence-electron chi connectivity index (χ3n) is 20.0. The standard InChI is InChI=1S/C35H48N4O6.C33H45N5O5.CH4/c1-5-43-34(42)32(37-44-21-30(40)45-35(2,3)4)31-33(41)39(29-15-7-6-14-28(29)36-31)27-19-24-12-9-13-25(20-27)38(24)26-17-22-10-8-11-23(16-22)18-26;1-33(2,3)43-28(39)19-42-36-29(31(34)40)30-32(41)38(27-13-5-4-12-26(27)35-30)25-17-22-10-7-11-23(18-25)37(22)24-15-20-8-6-9-21(14-20)16-24;/h6-7,14-15,22-27H,5,8-13,16-21H2,1-4H3;4-5,12-13,20-25H,6-11,14-19H2,1-3H3,(H2,34,40);1H4/b37-32-;36-29-;/t22?,23?,24-,25+,26?,27?;20?,21?,22-,23+,24?,25?;. The molecule has 1 amide bonds. The SMILES string of the molecule is C.CC(C)(C)OC(=O)CO/N=C(\C(N)=O)c1nc2ccccc2n(C2C[C@H]3CCC[C@@H](C2)N3C2CC3CCCC(C3)C2)c1=O.CCOC(=O)/C(=N\OCC(=O)OC(C)(C)C)c1nc2ccccc2n(C2C[C@H]3CCC[C@@H](C2)N3C2CC3CCCC(C3)C2)c1=O. The number of oxime groups is 2. The normalized spacial score (nSPS) is 28.9. The summed E-state index contributed by atoms with van der Waals surface area (Å²) in [5.74, 6) is 0.403. The van der Waals surface area contributed by atoms with Crippen molar-refractivity contribution in [2.75, 3.05) is 19.8 Å². The lowest BCUT2D eigenvalue weighted by Gasteiger charge is -2.55. The summed E-state index contributed by atoms with van der Waals surface area (Å²) >= 11 is 0. The van der Waals surface area contributed by atoms with Crippen LogP contribution in [0, 0.1) is 23.7 Å². The number of para-hydroxylation sites is 4. The van der Waals surface area contributed by atoms with E-state index < -0.39 is 65.1 Å². The number of rotatable bonds is 15. The molecule has 8 fully saturated rings. The molecule has 4 aliphatic heterocycles. The Morgan fingerprint density at radius 2 is 0.865 bits per heavy atom. The van der Waals surface area contributed by atoms with Gasteiger partial charge in [-0.2, -0.15) is 0 Å². The van der Waals surface area contributed by atoms with Crippen molar-refractivity contribution in [3.63, 3.8) is 0 Å². The summed E-state index contributed by atoms with van der Waals surface area (Å²) in [6.45, 7) is 11.2. The first kappa shape index (κ1) is 65.4. The molecule has 8 bridgehead atoms. The zero-order chi connectivity index (χ0) is 62.0. The number of benzene rings is 2. The number of esters is 3. The highest BCUT2D eigenvalue weighted by Gasteiger charge is 2.48. The monoisotopic (exact) mass is 1230 g/mol. The molecule has 4 saturated heterocycles. The van der Waals surface area contributed by atoms with Gasteiger partial charge in [0.25, 0.3) is 17.0 Å². The van der Waals surface area contributed by atoms with Gasteiger partial charge in [0.15, 0.2) is 17.1 Å². The van der Waals surface area contributed by atoms with Gasteiger partial charge in [0.1, 0.15) is 11.2 Å². The molecule has 6 heterocycles. The Morgan fingerprint density at radius 3 is 1.24 bits per heavy atom. The van der Waals surface area contributed by atoms with Crippen molar-refractivity contribution < 1.29 is 43.1 Å². The fourth-order valence-electron chi connectivity index (χ4n) is 17.2. The first-order chi connectivity index (χ1) is 42.2. The number of piperidine rings is 4. The molecule has 20 nitrogen and oxygen atoms in total. The number of nitrogens with zero attached hydrogens (tertiary/aromatic N) is 8. The molecule has 89 heavy (non-hydrogen) atoms. The van der Waals surface area contributed by atoms with E-state index in [1.807, 2.05) is 57.7 Å². The second-order valence-corrected chi connectivity index (χ2v) is 28.6. The van der Waals surface area contributed by atoms with E-state index >= 15 is 0 Å². The molecular weight excluding hydrogens is 1130 g/mol. The fraction of sp³-hybridized carbons (Fsp3) is 0.681. The van der Waals surface area contributed by atoms with Crippen LogP contribution in [-0.2, 0) is 43.1 Å². The minimum Gasteiger partial charge on any atom is -0.461 e. The van der Waals surface area contributed by atoms with Gasteiger partial charge in [0, 0.05) is 48.3 Å². The average molecular weight is 1230 g/mol. The number of hydrogen-bond donors (Lipinski definition) is 1. The van der Waals surface area contributed by atoms with Gasteiger partial charge in [-0.05, 0) is 186 Å². The summed E-state index contributed by atoms with van der Waals surface area (Å²) in [7, 11) is 0. The predicted molar refractivity (Wildman–Crippen MR) is 341 cm³/mol. The minimum atomic E-state index is -0.954. The first-order valence-corrected chi connectivity index (χ1v) is 33.1.